The van der Waals surface area contributed by atoms with Crippen LogP contribution < -0.4 is 19.5 Å². The van der Waals surface area contributed by atoms with Gasteiger partial charge in [-0.1, -0.05) is 6.42 Å². The number of rotatable bonds is 6. The van der Waals surface area contributed by atoms with E-state index in [9.17, 15) is 13.2 Å². The number of ether oxygens (including phenoxy) is 3. The van der Waals surface area contributed by atoms with Crippen LogP contribution in [0.25, 0.3) is 11.3 Å². The summed E-state index contributed by atoms with van der Waals surface area (Å²) in [6, 6.07) is 9.97. The number of nitrogens with zero attached hydrogens (tertiary/aromatic N) is 2. The molecule has 0 atom stereocenters. The molecule has 0 spiro atoms. The summed E-state index contributed by atoms with van der Waals surface area (Å²) in [7, 11) is -2.34. The van der Waals surface area contributed by atoms with E-state index in [2.05, 4.69) is 15.5 Å². The molecule has 10 nitrogen and oxygen atoms in total. The topological polar surface area (TPSA) is 123 Å². The zero-order chi connectivity index (χ0) is 24.4. The lowest BCUT2D eigenvalue weighted by Gasteiger charge is -2.26. The molecule has 2 N–H and O–H groups in total. The second-order valence-corrected chi connectivity index (χ2v) is 10.2. The molecule has 0 aliphatic carbocycles. The van der Waals surface area contributed by atoms with Crippen molar-refractivity contribution in [2.75, 3.05) is 38.7 Å². The third-order valence-electron chi connectivity index (χ3n) is 6.07. The fourth-order valence-corrected chi connectivity index (χ4v) is 5.97. The number of benzene rings is 2. The first-order valence-electron chi connectivity index (χ1n) is 11.4. The van der Waals surface area contributed by atoms with Crippen molar-refractivity contribution in [3.05, 3.63) is 48.2 Å². The van der Waals surface area contributed by atoms with E-state index in [4.69, 9.17) is 14.2 Å². The largest absolute Gasteiger partial charge is 0.495 e. The molecule has 5 rings (SSSR count). The van der Waals surface area contributed by atoms with Crippen molar-refractivity contribution in [1.29, 1.82) is 0 Å². The number of H-pyrrole nitrogens is 1. The average molecular weight is 499 g/mol. The first-order valence-corrected chi connectivity index (χ1v) is 12.8. The summed E-state index contributed by atoms with van der Waals surface area (Å²) in [5.74, 6) is 1.03. The van der Waals surface area contributed by atoms with Gasteiger partial charge in [0.05, 0.1) is 24.6 Å². The predicted octanol–water partition coefficient (Wildman–Crippen LogP) is 3.28. The van der Waals surface area contributed by atoms with E-state index in [0.29, 0.717) is 60.3 Å². The first kappa shape index (κ1) is 23.2. The molecule has 1 saturated heterocycles. The van der Waals surface area contributed by atoms with E-state index in [1.165, 1.54) is 23.7 Å². The van der Waals surface area contributed by atoms with Gasteiger partial charge in [-0.15, -0.1) is 0 Å². The molecule has 3 heterocycles. The molecule has 2 aliphatic rings. The third-order valence-corrected chi connectivity index (χ3v) is 7.99. The number of carbonyl (C=O) groups excluding carboxylic acids is 1. The fraction of sp³-hybridized carbons (Fsp3) is 0.333. The highest BCUT2D eigenvalue weighted by molar-refractivity contribution is 7.89. The summed E-state index contributed by atoms with van der Waals surface area (Å²) in [6.45, 7) is 1.88. The van der Waals surface area contributed by atoms with E-state index < -0.39 is 15.9 Å². The van der Waals surface area contributed by atoms with Gasteiger partial charge in [-0.25, -0.2) is 8.42 Å². The van der Waals surface area contributed by atoms with Crippen LogP contribution in [0.5, 0.6) is 17.2 Å². The number of sulfonamides is 1. The van der Waals surface area contributed by atoms with Crippen LogP contribution in [-0.4, -0.2) is 62.2 Å². The second kappa shape index (κ2) is 9.59. The molecule has 1 aromatic heterocycles. The number of aromatic nitrogens is 2. The monoisotopic (exact) mass is 498 g/mol. The van der Waals surface area contributed by atoms with Gasteiger partial charge >= 0.3 is 0 Å². The van der Waals surface area contributed by atoms with Gasteiger partial charge in [0, 0.05) is 24.3 Å². The van der Waals surface area contributed by atoms with E-state index in [1.807, 2.05) is 6.07 Å². The Bertz CT molecular complexity index is 1350. The van der Waals surface area contributed by atoms with E-state index >= 15 is 0 Å². The van der Waals surface area contributed by atoms with Crippen molar-refractivity contribution in [2.45, 2.75) is 24.2 Å². The van der Waals surface area contributed by atoms with Crippen LogP contribution in [0.1, 0.15) is 29.6 Å². The molecule has 0 bridgehead atoms. The van der Waals surface area contributed by atoms with E-state index in [-0.39, 0.29) is 10.6 Å². The molecule has 184 valence electrons. The Labute approximate surface area is 203 Å². The molecular formula is C24H26N4O6S. The molecule has 2 aliphatic heterocycles. The van der Waals surface area contributed by atoms with Gasteiger partial charge in [-0.3, -0.25) is 9.89 Å². The average Bonchev–Trinajstić information content (AvgIpc) is 3.39. The highest BCUT2D eigenvalue weighted by Gasteiger charge is 2.29. The number of carbonyl (C=O) groups is 1. The van der Waals surface area contributed by atoms with Crippen molar-refractivity contribution in [2.24, 2.45) is 0 Å². The Hall–Kier alpha value is -3.57. The van der Waals surface area contributed by atoms with Crippen LogP contribution in [0.4, 0.5) is 5.69 Å². The van der Waals surface area contributed by atoms with Gasteiger partial charge in [-0.05, 0) is 49.2 Å². The Kier molecular flexibility index (Phi) is 6.35. The van der Waals surface area contributed by atoms with E-state index in [0.717, 1.165) is 19.3 Å². The molecular weight excluding hydrogens is 472 g/mol. The minimum absolute atomic E-state index is 0.0268. The van der Waals surface area contributed by atoms with Gasteiger partial charge in [0.2, 0.25) is 10.0 Å². The molecule has 0 unspecified atom stereocenters. The van der Waals surface area contributed by atoms with Crippen molar-refractivity contribution >= 4 is 21.6 Å². The maximum absolute atomic E-state index is 13.3. The number of anilines is 1. The van der Waals surface area contributed by atoms with Crippen LogP contribution in [-0.2, 0) is 10.0 Å². The summed E-state index contributed by atoms with van der Waals surface area (Å²) in [6.07, 6.45) is 4.08. The highest BCUT2D eigenvalue weighted by Crippen LogP contribution is 2.35. The Morgan fingerprint density at radius 3 is 2.60 bits per heavy atom. The SMILES string of the molecule is COc1ccc(NC(=O)c2cn[nH]c2-c2ccc3c(c2)OCCO3)cc1S(=O)(=O)N1CCCCC1. The molecule has 0 saturated carbocycles. The van der Waals surface area contributed by atoms with Crippen LogP contribution in [0, 0.1) is 0 Å². The number of hydrogen-bond acceptors (Lipinski definition) is 7. The highest BCUT2D eigenvalue weighted by atomic mass is 32.2. The number of hydrogen-bond donors (Lipinski definition) is 2. The normalized spacial score (nSPS) is 16.0. The summed E-state index contributed by atoms with van der Waals surface area (Å²) in [5, 5.41) is 9.69. The van der Waals surface area contributed by atoms with Crippen molar-refractivity contribution in [1.82, 2.24) is 14.5 Å². The quantitative estimate of drug-likeness (QED) is 0.535. The lowest BCUT2D eigenvalue weighted by molar-refractivity contribution is 0.102. The standard InChI is InChI=1S/C24H26N4O6S/c1-32-20-8-6-17(14-22(20)35(30,31)28-9-3-2-4-10-28)26-24(29)18-15-25-27-23(18)16-5-7-19-21(13-16)34-12-11-33-19/h5-8,13-15H,2-4,9-12H2,1H3,(H,25,27)(H,26,29). The predicted molar refractivity (Wildman–Crippen MR) is 129 cm³/mol. The number of methoxy groups -OCH3 is 1. The second-order valence-electron chi connectivity index (χ2n) is 8.30. The zero-order valence-electron chi connectivity index (χ0n) is 19.2. The van der Waals surface area contributed by atoms with Crippen LogP contribution >= 0.6 is 0 Å². The number of aromatic amines is 1. The molecule has 2 aromatic carbocycles. The fourth-order valence-electron chi connectivity index (χ4n) is 4.28. The van der Waals surface area contributed by atoms with Gasteiger partial charge in [-0.2, -0.15) is 9.40 Å². The first-order chi connectivity index (χ1) is 17.0. The van der Waals surface area contributed by atoms with Gasteiger partial charge in [0.15, 0.2) is 11.5 Å². The van der Waals surface area contributed by atoms with Crippen molar-refractivity contribution < 1.29 is 27.4 Å². The summed E-state index contributed by atoms with van der Waals surface area (Å²) in [4.78, 5) is 13.2. The van der Waals surface area contributed by atoms with Crippen LogP contribution in [0.3, 0.4) is 0 Å². The molecule has 35 heavy (non-hydrogen) atoms. The van der Waals surface area contributed by atoms with Crippen molar-refractivity contribution in [3.8, 4) is 28.5 Å². The molecule has 1 amide bonds. The maximum Gasteiger partial charge on any atom is 0.259 e. The summed E-state index contributed by atoms with van der Waals surface area (Å²) >= 11 is 0. The molecule has 1 fully saturated rings. The number of fused-ring (bicyclic) bond motifs is 1. The van der Waals surface area contributed by atoms with Crippen LogP contribution in [0.15, 0.2) is 47.5 Å². The van der Waals surface area contributed by atoms with Gasteiger partial charge < -0.3 is 19.5 Å². The van der Waals surface area contributed by atoms with Crippen LogP contribution in [0.2, 0.25) is 0 Å². The van der Waals surface area contributed by atoms with Gasteiger partial charge in [0.25, 0.3) is 5.91 Å². The summed E-state index contributed by atoms with van der Waals surface area (Å²) in [5.41, 5.74) is 1.85. The Morgan fingerprint density at radius 1 is 1.06 bits per heavy atom. The Morgan fingerprint density at radius 2 is 1.83 bits per heavy atom. The summed E-state index contributed by atoms with van der Waals surface area (Å²) < 4.78 is 44.6. The molecule has 3 aromatic rings. The smallest absolute Gasteiger partial charge is 0.259 e. The lowest BCUT2D eigenvalue weighted by Crippen LogP contribution is -2.35. The zero-order valence-corrected chi connectivity index (χ0v) is 20.1. The third kappa shape index (κ3) is 4.56. The number of piperidine rings is 1. The maximum atomic E-state index is 13.3. The lowest BCUT2D eigenvalue weighted by atomic mass is 10.1. The van der Waals surface area contributed by atoms with Gasteiger partial charge in [0.1, 0.15) is 23.9 Å². The number of nitrogens with one attached hydrogen (secondary N) is 2. The minimum Gasteiger partial charge on any atom is -0.495 e. The van der Waals surface area contributed by atoms with Crippen molar-refractivity contribution in [3.63, 3.8) is 0 Å². The number of amides is 1. The molecule has 0 radical (unpaired) electrons. The van der Waals surface area contributed by atoms with E-state index in [1.54, 1.807) is 24.3 Å². The minimum atomic E-state index is -3.76. The molecule has 11 heteroatoms. The Balaban J connectivity index is 1.42.